The van der Waals surface area contributed by atoms with Crippen molar-refractivity contribution in [3.05, 3.63) is 0 Å². The van der Waals surface area contributed by atoms with Crippen molar-refractivity contribution in [1.29, 1.82) is 0 Å². The number of hydrogen-bond acceptors (Lipinski definition) is 1. The molecular weight excluding hydrogens is 219 g/mol. The lowest BCUT2D eigenvalue weighted by Crippen LogP contribution is -2.46. The smallest absolute Gasteiger partial charge is 0.249 e. The van der Waals surface area contributed by atoms with Gasteiger partial charge in [-0.25, -0.2) is 13.2 Å². The predicted molar refractivity (Wildman–Crippen MR) is 52.9 cm³/mol. The first-order valence-electron chi connectivity index (χ1n) is 5.73. The Hall–Kier alpha value is -0.740. The lowest BCUT2D eigenvalue weighted by atomic mass is 9.80. The first-order chi connectivity index (χ1) is 7.43. The molecule has 92 valence electrons. The van der Waals surface area contributed by atoms with Crippen molar-refractivity contribution in [1.82, 2.24) is 4.90 Å². The second-order valence-corrected chi connectivity index (χ2v) is 4.89. The molecule has 2 fully saturated rings. The number of alkyl halides is 3. The van der Waals surface area contributed by atoms with Crippen LogP contribution in [0.25, 0.3) is 0 Å². The van der Waals surface area contributed by atoms with Gasteiger partial charge < -0.3 is 4.90 Å². The number of likely N-dealkylation sites (tertiary alicyclic amines) is 1. The van der Waals surface area contributed by atoms with Crippen LogP contribution in [-0.4, -0.2) is 36.0 Å². The predicted octanol–water partition coefficient (Wildman–Crippen LogP) is 2.24. The SMILES string of the molecule is CC[C@@H]1CN(C(=O)C2CC(F)(F)C2)C[C@@H]1F. The Morgan fingerprint density at radius 3 is 2.44 bits per heavy atom. The summed E-state index contributed by atoms with van der Waals surface area (Å²) in [6, 6.07) is 0. The molecule has 0 aromatic carbocycles. The monoisotopic (exact) mass is 235 g/mol. The number of carbonyl (C=O) groups excluding carboxylic acids is 1. The van der Waals surface area contributed by atoms with Gasteiger partial charge in [-0.15, -0.1) is 0 Å². The molecule has 0 N–H and O–H groups in total. The fraction of sp³-hybridized carbons (Fsp3) is 0.909. The van der Waals surface area contributed by atoms with Crippen LogP contribution in [-0.2, 0) is 4.79 Å². The summed E-state index contributed by atoms with van der Waals surface area (Å²) in [4.78, 5) is 13.2. The maximum atomic E-state index is 13.4. The Balaban J connectivity index is 1.88. The zero-order valence-electron chi connectivity index (χ0n) is 9.26. The zero-order valence-corrected chi connectivity index (χ0v) is 9.26. The molecule has 0 aromatic rings. The average Bonchev–Trinajstić information content (AvgIpc) is 2.54. The van der Waals surface area contributed by atoms with Gasteiger partial charge in [0, 0.05) is 31.2 Å². The largest absolute Gasteiger partial charge is 0.339 e. The lowest BCUT2D eigenvalue weighted by molar-refractivity contribution is -0.159. The molecule has 0 aromatic heterocycles. The molecule has 0 bridgehead atoms. The third-order valence-corrected chi connectivity index (χ3v) is 3.64. The van der Waals surface area contributed by atoms with Crippen LogP contribution in [0.1, 0.15) is 26.2 Å². The molecule has 2 nitrogen and oxygen atoms in total. The third-order valence-electron chi connectivity index (χ3n) is 3.64. The van der Waals surface area contributed by atoms with Crippen LogP contribution in [0.4, 0.5) is 13.2 Å². The summed E-state index contributed by atoms with van der Waals surface area (Å²) in [6.07, 6.45) is -1.03. The van der Waals surface area contributed by atoms with Gasteiger partial charge in [-0.1, -0.05) is 6.92 Å². The molecule has 1 aliphatic heterocycles. The molecular formula is C11H16F3NO. The fourth-order valence-electron chi connectivity index (χ4n) is 2.49. The summed E-state index contributed by atoms with van der Waals surface area (Å²) in [5.74, 6) is -3.67. The highest BCUT2D eigenvalue weighted by Crippen LogP contribution is 2.43. The molecule has 2 atom stereocenters. The standard InChI is InChI=1S/C11H16F3NO/c1-2-7-5-15(6-9(7)12)10(16)8-3-11(13,14)4-8/h7-9H,2-6H2,1H3/t7-,9+/m1/s1. The van der Waals surface area contributed by atoms with E-state index < -0.39 is 18.0 Å². The van der Waals surface area contributed by atoms with Crippen LogP contribution < -0.4 is 0 Å². The minimum Gasteiger partial charge on any atom is -0.339 e. The first-order valence-corrected chi connectivity index (χ1v) is 5.73. The lowest BCUT2D eigenvalue weighted by Gasteiger charge is -2.36. The number of rotatable bonds is 2. The van der Waals surface area contributed by atoms with Crippen molar-refractivity contribution in [2.45, 2.75) is 38.3 Å². The minimum absolute atomic E-state index is 0.0827. The van der Waals surface area contributed by atoms with Gasteiger partial charge in [0.05, 0.1) is 6.54 Å². The van der Waals surface area contributed by atoms with E-state index >= 15 is 0 Å². The molecule has 1 aliphatic carbocycles. The van der Waals surface area contributed by atoms with Gasteiger partial charge >= 0.3 is 0 Å². The maximum absolute atomic E-state index is 13.4. The van der Waals surface area contributed by atoms with E-state index in [4.69, 9.17) is 0 Å². The molecule has 5 heteroatoms. The molecule has 2 rings (SSSR count). The van der Waals surface area contributed by atoms with Gasteiger partial charge in [0.1, 0.15) is 6.17 Å². The highest BCUT2D eigenvalue weighted by Gasteiger charge is 2.50. The topological polar surface area (TPSA) is 20.3 Å². The van der Waals surface area contributed by atoms with Crippen molar-refractivity contribution in [2.24, 2.45) is 11.8 Å². The van der Waals surface area contributed by atoms with Crippen molar-refractivity contribution >= 4 is 5.91 Å². The summed E-state index contributed by atoms with van der Waals surface area (Å²) in [7, 11) is 0. The maximum Gasteiger partial charge on any atom is 0.249 e. The number of halogens is 3. The van der Waals surface area contributed by atoms with Crippen LogP contribution in [0, 0.1) is 11.8 Å². The molecule has 0 radical (unpaired) electrons. The van der Waals surface area contributed by atoms with Crippen LogP contribution in [0.5, 0.6) is 0 Å². The molecule has 1 saturated heterocycles. The molecule has 0 unspecified atom stereocenters. The van der Waals surface area contributed by atoms with Gasteiger partial charge in [-0.3, -0.25) is 4.79 Å². The van der Waals surface area contributed by atoms with E-state index in [1.165, 1.54) is 4.90 Å². The van der Waals surface area contributed by atoms with Crippen LogP contribution in [0.15, 0.2) is 0 Å². The highest BCUT2D eigenvalue weighted by atomic mass is 19.3. The molecule has 1 amide bonds. The average molecular weight is 235 g/mol. The number of nitrogens with zero attached hydrogens (tertiary/aromatic N) is 1. The van der Waals surface area contributed by atoms with Crippen LogP contribution in [0.2, 0.25) is 0 Å². The Morgan fingerprint density at radius 2 is 2.00 bits per heavy atom. The summed E-state index contributed by atoms with van der Waals surface area (Å²) < 4.78 is 38.6. The van der Waals surface area contributed by atoms with Gasteiger partial charge in [0.2, 0.25) is 11.8 Å². The van der Waals surface area contributed by atoms with E-state index in [1.807, 2.05) is 6.92 Å². The Bertz CT molecular complexity index is 287. The van der Waals surface area contributed by atoms with E-state index in [0.717, 1.165) is 0 Å². The van der Waals surface area contributed by atoms with Crippen molar-refractivity contribution in [2.75, 3.05) is 13.1 Å². The summed E-state index contributed by atoms with van der Waals surface area (Å²) in [5, 5.41) is 0. The normalized spacial score (nSPS) is 33.9. The molecule has 1 saturated carbocycles. The zero-order chi connectivity index (χ0) is 11.9. The van der Waals surface area contributed by atoms with E-state index in [0.29, 0.717) is 13.0 Å². The molecule has 1 heterocycles. The molecule has 0 spiro atoms. The van der Waals surface area contributed by atoms with Gasteiger partial charge in [0.15, 0.2) is 0 Å². The Labute approximate surface area is 92.8 Å². The Kier molecular flexibility index (Phi) is 2.88. The third kappa shape index (κ3) is 2.04. The number of carbonyl (C=O) groups is 1. The molecule has 2 aliphatic rings. The summed E-state index contributed by atoms with van der Waals surface area (Å²) >= 11 is 0. The van der Waals surface area contributed by atoms with Crippen molar-refractivity contribution in [3.8, 4) is 0 Å². The summed E-state index contributed by atoms with van der Waals surface area (Å²) in [5.41, 5.74) is 0. The van der Waals surface area contributed by atoms with Gasteiger partial charge in [-0.2, -0.15) is 0 Å². The van der Waals surface area contributed by atoms with Crippen LogP contribution >= 0.6 is 0 Å². The van der Waals surface area contributed by atoms with E-state index in [1.54, 1.807) is 0 Å². The van der Waals surface area contributed by atoms with E-state index in [2.05, 4.69) is 0 Å². The van der Waals surface area contributed by atoms with E-state index in [-0.39, 0.29) is 31.2 Å². The van der Waals surface area contributed by atoms with Crippen molar-refractivity contribution < 1.29 is 18.0 Å². The summed E-state index contributed by atoms with van der Waals surface area (Å²) in [6.45, 7) is 2.35. The van der Waals surface area contributed by atoms with Crippen molar-refractivity contribution in [3.63, 3.8) is 0 Å². The quantitative estimate of drug-likeness (QED) is 0.718. The number of hydrogen-bond donors (Lipinski definition) is 0. The Morgan fingerprint density at radius 1 is 1.38 bits per heavy atom. The van der Waals surface area contributed by atoms with Crippen LogP contribution in [0.3, 0.4) is 0 Å². The highest BCUT2D eigenvalue weighted by molar-refractivity contribution is 5.80. The second-order valence-electron chi connectivity index (χ2n) is 4.89. The second kappa shape index (κ2) is 3.93. The molecule has 16 heavy (non-hydrogen) atoms. The first kappa shape index (κ1) is 11.7. The minimum atomic E-state index is -2.68. The van der Waals surface area contributed by atoms with Gasteiger partial charge in [0.25, 0.3) is 0 Å². The number of amides is 1. The van der Waals surface area contributed by atoms with Gasteiger partial charge in [-0.05, 0) is 6.42 Å². The van der Waals surface area contributed by atoms with E-state index in [9.17, 15) is 18.0 Å². The fourth-order valence-corrected chi connectivity index (χ4v) is 2.49.